The quantitative estimate of drug-likeness (QED) is 0.840. The molecule has 0 fully saturated rings. The molecule has 0 radical (unpaired) electrons. The Morgan fingerprint density at radius 3 is 3.16 bits per heavy atom. The lowest BCUT2D eigenvalue weighted by Gasteiger charge is -2.16. The Morgan fingerprint density at radius 2 is 2.47 bits per heavy atom. The molecule has 1 N–H and O–H groups in total. The molecule has 2 heterocycles. The minimum atomic E-state index is -0.00769. The fourth-order valence-corrected chi connectivity index (χ4v) is 2.90. The summed E-state index contributed by atoms with van der Waals surface area (Å²) in [5.41, 5.74) is 5.95. The van der Waals surface area contributed by atoms with Crippen LogP contribution in [-0.4, -0.2) is 11.6 Å². The van der Waals surface area contributed by atoms with Crippen LogP contribution in [0.5, 0.6) is 0 Å². The predicted molar refractivity (Wildman–Crippen MR) is 81.2 cm³/mol. The van der Waals surface area contributed by atoms with Gasteiger partial charge in [0, 0.05) is 17.2 Å². The van der Waals surface area contributed by atoms with Gasteiger partial charge in [0.2, 0.25) is 5.91 Å². The molecule has 1 amide bonds. The highest BCUT2D eigenvalue weighted by atomic mass is 32.1. The summed E-state index contributed by atoms with van der Waals surface area (Å²) in [6.07, 6.45) is 5.38. The molecule has 1 aliphatic heterocycles. The Kier molecular flexibility index (Phi) is 4.32. The van der Waals surface area contributed by atoms with E-state index in [2.05, 4.69) is 41.6 Å². The third-order valence-electron chi connectivity index (χ3n) is 3.09. The second-order valence-electron chi connectivity index (χ2n) is 4.82. The number of nitrogens with zero attached hydrogens (tertiary/aromatic N) is 1. The zero-order chi connectivity index (χ0) is 13.8. The van der Waals surface area contributed by atoms with Gasteiger partial charge in [-0.05, 0) is 42.0 Å². The molecule has 4 heteroatoms. The van der Waals surface area contributed by atoms with Crippen LogP contribution in [0.2, 0.25) is 0 Å². The normalized spacial score (nSPS) is 19.9. The van der Waals surface area contributed by atoms with Gasteiger partial charge in [-0.25, -0.2) is 5.43 Å². The van der Waals surface area contributed by atoms with Gasteiger partial charge in [0.1, 0.15) is 0 Å². The molecule has 1 unspecified atom stereocenters. The van der Waals surface area contributed by atoms with Gasteiger partial charge in [0.15, 0.2) is 0 Å². The summed E-state index contributed by atoms with van der Waals surface area (Å²) in [6.45, 7) is 7.86. The van der Waals surface area contributed by atoms with Crippen molar-refractivity contribution in [2.24, 2.45) is 11.0 Å². The molecular weight excluding hydrogens is 256 g/mol. The number of amides is 1. The fourth-order valence-electron chi connectivity index (χ4n) is 1.99. The van der Waals surface area contributed by atoms with Crippen molar-refractivity contribution in [1.82, 2.24) is 5.43 Å². The van der Waals surface area contributed by atoms with Crippen LogP contribution in [0.4, 0.5) is 0 Å². The molecule has 0 aromatic carbocycles. The number of hydrogen-bond acceptors (Lipinski definition) is 3. The minimum Gasteiger partial charge on any atom is -0.273 e. The topological polar surface area (TPSA) is 41.5 Å². The zero-order valence-electron chi connectivity index (χ0n) is 11.3. The average Bonchev–Trinajstić information content (AvgIpc) is 2.82. The van der Waals surface area contributed by atoms with E-state index in [0.717, 1.165) is 12.1 Å². The summed E-state index contributed by atoms with van der Waals surface area (Å²) in [5.74, 6) is 0.169. The molecule has 1 atom stereocenters. The minimum absolute atomic E-state index is 0.00769. The maximum atomic E-state index is 11.2. The number of hydrogen-bond donors (Lipinski definition) is 1. The Hall–Kier alpha value is -1.68. The van der Waals surface area contributed by atoms with E-state index in [-0.39, 0.29) is 11.8 Å². The maximum Gasteiger partial charge on any atom is 0.240 e. The van der Waals surface area contributed by atoms with Crippen LogP contribution in [0, 0.1) is 5.92 Å². The number of thiophene rings is 1. The fraction of sp³-hybridized carbons (Fsp3) is 0.333. The Bertz CT molecular complexity index is 554. The molecular formula is C15H18N2OS. The van der Waals surface area contributed by atoms with Gasteiger partial charge in [0.05, 0.1) is 5.71 Å². The summed E-state index contributed by atoms with van der Waals surface area (Å²) < 4.78 is 0. The van der Waals surface area contributed by atoms with Crippen molar-refractivity contribution in [3.63, 3.8) is 0 Å². The van der Waals surface area contributed by atoms with Gasteiger partial charge in [-0.1, -0.05) is 13.0 Å². The predicted octanol–water partition coefficient (Wildman–Crippen LogP) is 3.39. The highest BCUT2D eigenvalue weighted by molar-refractivity contribution is 7.11. The molecule has 1 aliphatic rings. The molecule has 0 bridgehead atoms. The van der Waals surface area contributed by atoms with Crippen molar-refractivity contribution >= 4 is 28.5 Å². The number of carbonyl (C=O) groups is 1. The molecule has 2 rings (SSSR count). The van der Waals surface area contributed by atoms with Crippen molar-refractivity contribution in [1.29, 1.82) is 0 Å². The van der Waals surface area contributed by atoms with Crippen LogP contribution >= 0.6 is 11.3 Å². The van der Waals surface area contributed by atoms with Gasteiger partial charge >= 0.3 is 0 Å². The summed E-state index contributed by atoms with van der Waals surface area (Å²) in [5, 5.41) is 6.28. The van der Waals surface area contributed by atoms with E-state index < -0.39 is 0 Å². The Labute approximate surface area is 117 Å². The number of nitrogens with one attached hydrogen (secondary N) is 1. The number of hydrazone groups is 1. The first kappa shape index (κ1) is 13.7. The molecule has 3 nitrogen and oxygen atoms in total. The van der Waals surface area contributed by atoms with E-state index in [9.17, 15) is 4.79 Å². The van der Waals surface area contributed by atoms with E-state index in [1.54, 1.807) is 11.3 Å². The maximum absolute atomic E-state index is 11.2. The molecule has 0 saturated carbocycles. The monoisotopic (exact) mass is 274 g/mol. The lowest BCUT2D eigenvalue weighted by molar-refractivity contribution is -0.121. The van der Waals surface area contributed by atoms with Crippen LogP contribution in [0.3, 0.4) is 0 Å². The van der Waals surface area contributed by atoms with E-state index >= 15 is 0 Å². The first-order chi connectivity index (χ1) is 9.10. The smallest absolute Gasteiger partial charge is 0.240 e. The second-order valence-corrected chi connectivity index (χ2v) is 5.73. The highest BCUT2D eigenvalue weighted by Gasteiger charge is 2.18. The molecule has 0 spiro atoms. The zero-order valence-corrected chi connectivity index (χ0v) is 12.1. The first-order valence-corrected chi connectivity index (χ1v) is 7.21. The first-order valence-electron chi connectivity index (χ1n) is 6.33. The largest absolute Gasteiger partial charge is 0.273 e. The molecule has 19 heavy (non-hydrogen) atoms. The molecule has 0 aliphatic carbocycles. The average molecular weight is 274 g/mol. The molecule has 100 valence electrons. The third-order valence-corrected chi connectivity index (χ3v) is 4.21. The summed E-state index contributed by atoms with van der Waals surface area (Å²) in [4.78, 5) is 12.4. The van der Waals surface area contributed by atoms with Crippen molar-refractivity contribution in [3.05, 3.63) is 40.6 Å². The van der Waals surface area contributed by atoms with Crippen molar-refractivity contribution in [3.8, 4) is 0 Å². The van der Waals surface area contributed by atoms with E-state index in [0.29, 0.717) is 6.42 Å². The van der Waals surface area contributed by atoms with E-state index in [1.807, 2.05) is 13.0 Å². The second kappa shape index (κ2) is 5.97. The van der Waals surface area contributed by atoms with Gasteiger partial charge < -0.3 is 0 Å². The SMILES string of the molecule is C=CCc1csc(C(C)=CC2=NNC(=O)CC2C)c1. The summed E-state index contributed by atoms with van der Waals surface area (Å²) >= 11 is 1.73. The van der Waals surface area contributed by atoms with Crippen molar-refractivity contribution in [2.45, 2.75) is 26.7 Å². The standard InChI is InChI=1S/C15H18N2OS/c1-4-5-12-8-14(19-9-12)11(3)6-13-10(2)7-15(18)17-16-13/h4,6,8-10H,1,5,7H2,2-3H3,(H,17,18). The number of allylic oxidation sites excluding steroid dienone is 3. The van der Waals surface area contributed by atoms with Crippen molar-refractivity contribution < 1.29 is 4.79 Å². The van der Waals surface area contributed by atoms with E-state index in [1.165, 1.54) is 16.0 Å². The lowest BCUT2D eigenvalue weighted by Crippen LogP contribution is -2.30. The van der Waals surface area contributed by atoms with Gasteiger partial charge in [0.25, 0.3) is 0 Å². The van der Waals surface area contributed by atoms with Gasteiger partial charge in [-0.15, -0.1) is 17.9 Å². The van der Waals surface area contributed by atoms with Gasteiger partial charge in [-0.3, -0.25) is 4.79 Å². The Morgan fingerprint density at radius 1 is 1.68 bits per heavy atom. The Balaban J connectivity index is 2.17. The van der Waals surface area contributed by atoms with Crippen molar-refractivity contribution in [2.75, 3.05) is 0 Å². The third kappa shape index (κ3) is 3.41. The summed E-state index contributed by atoms with van der Waals surface area (Å²) in [6, 6.07) is 2.19. The van der Waals surface area contributed by atoms with Crippen LogP contribution in [0.15, 0.2) is 35.3 Å². The number of carbonyl (C=O) groups excluding carboxylic acids is 1. The van der Waals surface area contributed by atoms with E-state index in [4.69, 9.17) is 0 Å². The highest BCUT2D eigenvalue weighted by Crippen LogP contribution is 2.24. The van der Waals surface area contributed by atoms with Crippen LogP contribution in [0.1, 0.15) is 30.7 Å². The molecule has 1 aromatic heterocycles. The van der Waals surface area contributed by atoms with Crippen LogP contribution < -0.4 is 5.43 Å². The molecule has 0 saturated heterocycles. The molecule has 1 aromatic rings. The van der Waals surface area contributed by atoms with Crippen LogP contribution in [-0.2, 0) is 11.2 Å². The van der Waals surface area contributed by atoms with Crippen LogP contribution in [0.25, 0.3) is 5.57 Å². The summed E-state index contributed by atoms with van der Waals surface area (Å²) in [7, 11) is 0. The van der Waals surface area contributed by atoms with Gasteiger partial charge in [-0.2, -0.15) is 5.10 Å². The lowest BCUT2D eigenvalue weighted by atomic mass is 9.98. The number of rotatable bonds is 4.